The highest BCUT2D eigenvalue weighted by Gasteiger charge is 2.41. The monoisotopic (exact) mass is 583 g/mol. The fraction of sp³-hybridized carbons (Fsp3) is 0.733. The summed E-state index contributed by atoms with van der Waals surface area (Å²) in [6.07, 6.45) is 4.56. The number of hydrogen-bond donors (Lipinski definition) is 1. The maximum Gasteiger partial charge on any atom is 0.192 e. The van der Waals surface area contributed by atoms with Crippen molar-refractivity contribution in [1.29, 1.82) is 0 Å². The lowest BCUT2D eigenvalue weighted by Gasteiger charge is -2.41. The topological polar surface area (TPSA) is 75.2 Å². The van der Waals surface area contributed by atoms with Gasteiger partial charge in [-0.2, -0.15) is 0 Å². The molecule has 1 aromatic rings. The van der Waals surface area contributed by atoms with Gasteiger partial charge in [0.15, 0.2) is 8.32 Å². The fourth-order valence-corrected chi connectivity index (χ4v) is 6.04. The first-order valence-corrected chi connectivity index (χ1v) is 18.1. The molecule has 1 N–H and O–H groups in total. The molecule has 1 aliphatic carbocycles. The van der Waals surface area contributed by atoms with Crippen LogP contribution in [-0.2, 0) is 36.2 Å². The quantitative estimate of drug-likeness (QED) is 0.112. The molecule has 0 bridgehead atoms. The molecule has 1 aromatic carbocycles. The fourth-order valence-electron chi connectivity index (χ4n) is 4.18. The van der Waals surface area contributed by atoms with Crippen molar-refractivity contribution in [2.75, 3.05) is 34.2 Å². The van der Waals surface area contributed by atoms with E-state index < -0.39 is 19.3 Å². The van der Waals surface area contributed by atoms with Crippen molar-refractivity contribution in [3.05, 3.63) is 41.5 Å². The number of rotatable bonds is 15. The van der Waals surface area contributed by atoms with Crippen LogP contribution >= 0.6 is 0 Å². The molecule has 0 saturated heterocycles. The minimum Gasteiger partial charge on any atom is -0.497 e. The first kappa shape index (κ1) is 34.1. The molecule has 2 rings (SSSR count). The van der Waals surface area contributed by atoms with Gasteiger partial charge in [0.1, 0.15) is 12.5 Å². The van der Waals surface area contributed by atoms with E-state index in [1.165, 1.54) is 0 Å². The summed E-state index contributed by atoms with van der Waals surface area (Å²) in [5.41, 5.74) is 2.27. The minimum absolute atomic E-state index is 0.0186. The Morgan fingerprint density at radius 3 is 2.26 bits per heavy atom. The lowest BCUT2D eigenvalue weighted by Crippen LogP contribution is -2.50. The molecule has 0 aliphatic heterocycles. The van der Waals surface area contributed by atoms with Gasteiger partial charge in [-0.3, -0.25) is 0 Å². The molecule has 0 heterocycles. The molecule has 1 aliphatic rings. The van der Waals surface area contributed by atoms with E-state index in [1.54, 1.807) is 14.2 Å². The Hall–Kier alpha value is -1.07. The van der Waals surface area contributed by atoms with Gasteiger partial charge >= 0.3 is 0 Å². The SMILES string of the molecule is COCO[C@H]1C(CO[Si](C)(C)C(C)(C)C)=CC[C@@H](NS(=O)C(C)(C)C)[C@@H]1CCCOCc1ccc(OC)cc1. The van der Waals surface area contributed by atoms with Crippen molar-refractivity contribution in [3.8, 4) is 5.75 Å². The molecule has 0 aromatic heterocycles. The number of ether oxygens (including phenoxy) is 4. The highest BCUT2D eigenvalue weighted by molar-refractivity contribution is 7.84. The lowest BCUT2D eigenvalue weighted by atomic mass is 9.80. The van der Waals surface area contributed by atoms with Gasteiger partial charge in [-0.05, 0) is 81.4 Å². The lowest BCUT2D eigenvalue weighted by molar-refractivity contribution is -0.0876. The molecule has 0 radical (unpaired) electrons. The van der Waals surface area contributed by atoms with E-state index in [1.807, 2.05) is 45.0 Å². The van der Waals surface area contributed by atoms with Crippen LogP contribution in [0.3, 0.4) is 0 Å². The average molecular weight is 584 g/mol. The Morgan fingerprint density at radius 1 is 1.03 bits per heavy atom. The Balaban J connectivity index is 2.14. The Kier molecular flexibility index (Phi) is 13.3. The molecule has 7 nitrogen and oxygen atoms in total. The molecule has 39 heavy (non-hydrogen) atoms. The van der Waals surface area contributed by atoms with Gasteiger partial charge in [0.25, 0.3) is 0 Å². The molecule has 0 fully saturated rings. The first-order chi connectivity index (χ1) is 18.2. The predicted octanol–water partition coefficient (Wildman–Crippen LogP) is 6.37. The van der Waals surface area contributed by atoms with Crippen LogP contribution in [0.1, 0.15) is 66.4 Å². The van der Waals surface area contributed by atoms with Crippen molar-refractivity contribution >= 4 is 19.3 Å². The van der Waals surface area contributed by atoms with Crippen molar-refractivity contribution in [2.24, 2.45) is 5.92 Å². The van der Waals surface area contributed by atoms with Gasteiger partial charge in [-0.1, -0.05) is 39.0 Å². The second-order valence-electron chi connectivity index (χ2n) is 12.9. The van der Waals surface area contributed by atoms with E-state index in [2.05, 4.69) is 44.7 Å². The summed E-state index contributed by atoms with van der Waals surface area (Å²) in [7, 11) is 0.190. The Morgan fingerprint density at radius 2 is 1.69 bits per heavy atom. The van der Waals surface area contributed by atoms with E-state index in [9.17, 15) is 4.21 Å². The number of methoxy groups -OCH3 is 2. The van der Waals surface area contributed by atoms with Gasteiger partial charge in [0, 0.05) is 25.7 Å². The predicted molar refractivity (Wildman–Crippen MR) is 163 cm³/mol. The maximum absolute atomic E-state index is 13.1. The smallest absolute Gasteiger partial charge is 0.192 e. The molecule has 224 valence electrons. The summed E-state index contributed by atoms with van der Waals surface area (Å²) in [5, 5.41) is 0.124. The van der Waals surface area contributed by atoms with E-state index >= 15 is 0 Å². The molecular weight excluding hydrogens is 530 g/mol. The minimum atomic E-state index is -1.93. The third-order valence-corrected chi connectivity index (χ3v) is 13.9. The van der Waals surface area contributed by atoms with Crippen LogP contribution in [0, 0.1) is 5.92 Å². The summed E-state index contributed by atoms with van der Waals surface area (Å²) in [6, 6.07) is 7.96. The zero-order valence-electron chi connectivity index (χ0n) is 25.9. The van der Waals surface area contributed by atoms with E-state index in [4.69, 9.17) is 23.4 Å². The Labute approximate surface area is 241 Å². The summed E-state index contributed by atoms with van der Waals surface area (Å²) in [5.74, 6) is 0.949. The number of benzene rings is 1. The average Bonchev–Trinajstić information content (AvgIpc) is 2.86. The second kappa shape index (κ2) is 15.2. The normalized spacial score (nSPS) is 21.5. The first-order valence-electron chi connectivity index (χ1n) is 14.0. The van der Waals surface area contributed by atoms with Gasteiger partial charge < -0.3 is 23.4 Å². The van der Waals surface area contributed by atoms with E-state index in [0.29, 0.717) is 19.8 Å². The van der Waals surface area contributed by atoms with Crippen molar-refractivity contribution in [1.82, 2.24) is 4.72 Å². The summed E-state index contributed by atoms with van der Waals surface area (Å²) in [4.78, 5) is 0. The zero-order valence-corrected chi connectivity index (χ0v) is 27.7. The summed E-state index contributed by atoms with van der Waals surface area (Å²) in [6.45, 7) is 19.2. The van der Waals surface area contributed by atoms with Crippen molar-refractivity contribution in [3.63, 3.8) is 0 Å². The van der Waals surface area contributed by atoms with Gasteiger partial charge in [-0.25, -0.2) is 8.93 Å². The molecule has 0 saturated carbocycles. The van der Waals surface area contributed by atoms with E-state index in [0.717, 1.165) is 36.1 Å². The van der Waals surface area contributed by atoms with Gasteiger partial charge in [0.05, 0.1) is 42.2 Å². The number of hydrogen-bond acceptors (Lipinski definition) is 6. The maximum atomic E-state index is 13.1. The highest BCUT2D eigenvalue weighted by Crippen LogP contribution is 2.38. The van der Waals surface area contributed by atoms with Crippen LogP contribution in [0.25, 0.3) is 0 Å². The second-order valence-corrected chi connectivity index (χ2v) is 19.7. The zero-order chi connectivity index (χ0) is 29.3. The van der Waals surface area contributed by atoms with Gasteiger partial charge in [-0.15, -0.1) is 0 Å². The molecule has 4 atom stereocenters. The van der Waals surface area contributed by atoms with Crippen LogP contribution in [0.5, 0.6) is 5.75 Å². The highest BCUT2D eigenvalue weighted by atomic mass is 32.2. The van der Waals surface area contributed by atoms with Crippen LogP contribution in [0.2, 0.25) is 18.1 Å². The Bertz CT molecular complexity index is 923. The van der Waals surface area contributed by atoms with Crippen molar-refractivity contribution in [2.45, 2.75) is 102 Å². The molecule has 0 amide bonds. The van der Waals surface area contributed by atoms with Crippen LogP contribution in [-0.4, -0.2) is 63.6 Å². The summed E-state index contributed by atoms with van der Waals surface area (Å²) >= 11 is 0. The molecule has 1 unspecified atom stereocenters. The molecule has 0 spiro atoms. The van der Waals surface area contributed by atoms with Gasteiger partial charge in [0.2, 0.25) is 0 Å². The van der Waals surface area contributed by atoms with Crippen LogP contribution in [0.15, 0.2) is 35.9 Å². The van der Waals surface area contributed by atoms with Crippen LogP contribution in [0.4, 0.5) is 0 Å². The number of nitrogens with one attached hydrogen (secondary N) is 1. The van der Waals surface area contributed by atoms with Crippen molar-refractivity contribution < 1.29 is 27.6 Å². The largest absolute Gasteiger partial charge is 0.497 e. The summed E-state index contributed by atoms with van der Waals surface area (Å²) < 4.78 is 45.6. The molecular formula is C30H53NO6SSi. The third kappa shape index (κ3) is 10.7. The third-order valence-electron chi connectivity index (χ3n) is 7.74. The van der Waals surface area contributed by atoms with E-state index in [-0.39, 0.29) is 34.6 Å². The molecule has 9 heteroatoms. The van der Waals surface area contributed by atoms with Crippen LogP contribution < -0.4 is 9.46 Å². The standard InChI is InChI=1S/C30H53NO6SSi/c1-29(2,3)38(32)31-27-18-15-24(21-37-39(9,10)30(4,5)6)28(36-22-33-7)26(27)12-11-19-35-20-23-13-16-25(34-8)17-14-23/h13-17,26-28,31H,11-12,18-22H2,1-10H3/t26-,27+,28-,38?/m0/s1.